The van der Waals surface area contributed by atoms with E-state index in [1.54, 1.807) is 0 Å². The molecule has 0 aromatic heterocycles. The molecule has 0 spiro atoms. The number of hydrogen-bond donors (Lipinski definition) is 0. The third kappa shape index (κ3) is 3.94. The van der Waals surface area contributed by atoms with Gasteiger partial charge in [0.25, 0.3) is 0 Å². The first-order valence-corrected chi connectivity index (χ1v) is 10.2. The van der Waals surface area contributed by atoms with Gasteiger partial charge in [-0.15, -0.1) is 0 Å². The predicted octanol–water partition coefficient (Wildman–Crippen LogP) is 3.17. The summed E-state index contributed by atoms with van der Waals surface area (Å²) < 4.78 is 30.8. The highest BCUT2D eigenvalue weighted by Gasteiger charge is 2.40. The van der Waals surface area contributed by atoms with E-state index in [2.05, 4.69) is 22.9 Å². The highest BCUT2D eigenvalue weighted by atomic mass is 79.9. The zero-order valence-corrected chi connectivity index (χ0v) is 14.1. The van der Waals surface area contributed by atoms with E-state index in [0.29, 0.717) is 24.9 Å². The van der Waals surface area contributed by atoms with E-state index in [4.69, 9.17) is 4.74 Å². The number of halogens is 1. The van der Waals surface area contributed by atoms with Gasteiger partial charge in [-0.25, -0.2) is 8.42 Å². The van der Waals surface area contributed by atoms with Crippen molar-refractivity contribution in [2.24, 2.45) is 11.3 Å². The molecule has 0 radical (unpaired) electrons. The monoisotopic (exact) mass is 352 g/mol. The van der Waals surface area contributed by atoms with Gasteiger partial charge >= 0.3 is 0 Å². The molecule has 1 heterocycles. The van der Waals surface area contributed by atoms with E-state index in [-0.39, 0.29) is 10.7 Å². The lowest BCUT2D eigenvalue weighted by molar-refractivity contribution is 0.0366. The van der Waals surface area contributed by atoms with Crippen molar-refractivity contribution < 1.29 is 13.2 Å². The Morgan fingerprint density at radius 3 is 2.53 bits per heavy atom. The van der Waals surface area contributed by atoms with Crippen LogP contribution >= 0.6 is 15.9 Å². The second-order valence-electron chi connectivity index (χ2n) is 6.45. The predicted molar refractivity (Wildman–Crippen MR) is 81.5 cm³/mol. The average Bonchev–Trinajstić information content (AvgIpc) is 2.39. The van der Waals surface area contributed by atoms with Gasteiger partial charge in [0.05, 0.1) is 11.0 Å². The van der Waals surface area contributed by atoms with Crippen molar-refractivity contribution in [2.45, 2.75) is 50.7 Å². The number of hydrogen-bond acceptors (Lipinski definition) is 3. The number of ether oxygens (including phenoxy) is 1. The lowest BCUT2D eigenvalue weighted by atomic mass is 9.84. The van der Waals surface area contributed by atoms with Crippen LogP contribution < -0.4 is 0 Å². The van der Waals surface area contributed by atoms with E-state index >= 15 is 0 Å². The van der Waals surface area contributed by atoms with E-state index in [0.717, 1.165) is 37.4 Å². The summed E-state index contributed by atoms with van der Waals surface area (Å²) in [6.45, 7) is 3.57. The third-order valence-electron chi connectivity index (χ3n) is 4.74. The van der Waals surface area contributed by atoms with Crippen LogP contribution in [0.2, 0.25) is 0 Å². The molecular weight excluding hydrogens is 328 g/mol. The molecule has 1 aliphatic carbocycles. The minimum absolute atomic E-state index is 0.0994. The molecule has 0 bridgehead atoms. The highest BCUT2D eigenvalue weighted by Crippen LogP contribution is 2.37. The van der Waals surface area contributed by atoms with Crippen LogP contribution in [-0.4, -0.2) is 38.0 Å². The summed E-state index contributed by atoms with van der Waals surface area (Å²) in [5.74, 6) is 0.898. The molecule has 2 aliphatic rings. The molecule has 1 saturated heterocycles. The van der Waals surface area contributed by atoms with Gasteiger partial charge in [0.2, 0.25) is 0 Å². The van der Waals surface area contributed by atoms with Gasteiger partial charge in [-0.3, -0.25) is 0 Å². The second-order valence-corrected chi connectivity index (χ2v) is 9.29. The maximum Gasteiger partial charge on any atom is 0.153 e. The Kier molecular flexibility index (Phi) is 5.34. The molecule has 2 fully saturated rings. The van der Waals surface area contributed by atoms with Crippen molar-refractivity contribution in [1.82, 2.24) is 0 Å². The molecule has 0 aromatic rings. The smallest absolute Gasteiger partial charge is 0.153 e. The molecule has 1 aliphatic heterocycles. The van der Waals surface area contributed by atoms with Crippen LogP contribution in [0.3, 0.4) is 0 Å². The molecule has 2 atom stereocenters. The summed E-state index contributed by atoms with van der Waals surface area (Å²) in [7, 11) is -2.97. The Balaban J connectivity index is 2.06. The van der Waals surface area contributed by atoms with Crippen molar-refractivity contribution in [1.29, 1.82) is 0 Å². The maximum absolute atomic E-state index is 12.7. The van der Waals surface area contributed by atoms with Crippen LogP contribution in [0, 0.1) is 11.3 Å². The molecule has 5 heteroatoms. The van der Waals surface area contributed by atoms with Crippen LogP contribution in [0.5, 0.6) is 0 Å². The van der Waals surface area contributed by atoms with Crippen molar-refractivity contribution in [3.05, 3.63) is 0 Å². The van der Waals surface area contributed by atoms with E-state index < -0.39 is 9.84 Å². The average molecular weight is 353 g/mol. The van der Waals surface area contributed by atoms with Crippen molar-refractivity contribution >= 4 is 25.8 Å². The Bertz CT molecular complexity index is 387. The third-order valence-corrected chi connectivity index (χ3v) is 8.39. The van der Waals surface area contributed by atoms with Crippen molar-refractivity contribution in [2.75, 3.05) is 24.3 Å². The standard InChI is InChI=1S/C14H25BrO3S/c1-12-3-2-4-13(9-12)19(16,17)11-14(10-15)5-7-18-8-6-14/h12-13H,2-11H2,1H3. The van der Waals surface area contributed by atoms with Gasteiger partial charge in [0.1, 0.15) is 0 Å². The molecule has 19 heavy (non-hydrogen) atoms. The van der Waals surface area contributed by atoms with Crippen LogP contribution in [0.1, 0.15) is 45.4 Å². The topological polar surface area (TPSA) is 43.4 Å². The summed E-state index contributed by atoms with van der Waals surface area (Å²) in [5, 5.41) is 0.667. The molecule has 3 nitrogen and oxygen atoms in total. The molecule has 0 amide bonds. The Labute approximate surface area is 125 Å². The molecule has 1 saturated carbocycles. The second kappa shape index (κ2) is 6.44. The summed E-state index contributed by atoms with van der Waals surface area (Å²) in [6, 6.07) is 0. The molecule has 2 unspecified atom stereocenters. The van der Waals surface area contributed by atoms with E-state index in [1.807, 2.05) is 0 Å². The lowest BCUT2D eigenvalue weighted by Crippen LogP contribution is -2.41. The first-order chi connectivity index (χ1) is 8.97. The van der Waals surface area contributed by atoms with Gasteiger partial charge in [-0.1, -0.05) is 35.7 Å². The summed E-state index contributed by atoms with van der Waals surface area (Å²) in [4.78, 5) is 0. The van der Waals surface area contributed by atoms with Crippen LogP contribution in [-0.2, 0) is 14.6 Å². The number of sulfone groups is 1. The first kappa shape index (κ1) is 15.8. The largest absolute Gasteiger partial charge is 0.381 e. The van der Waals surface area contributed by atoms with Gasteiger partial charge in [0.15, 0.2) is 9.84 Å². The SMILES string of the molecule is CC1CCCC(S(=O)(=O)CC2(CBr)CCOCC2)C1. The Morgan fingerprint density at radius 2 is 1.95 bits per heavy atom. The molecule has 0 N–H and O–H groups in total. The highest BCUT2D eigenvalue weighted by molar-refractivity contribution is 9.09. The minimum Gasteiger partial charge on any atom is -0.381 e. The van der Waals surface area contributed by atoms with Crippen molar-refractivity contribution in [3.63, 3.8) is 0 Å². The molecule has 2 rings (SSSR count). The number of rotatable bonds is 4. The Hall–Kier alpha value is 0.390. The van der Waals surface area contributed by atoms with Gasteiger partial charge < -0.3 is 4.74 Å². The minimum atomic E-state index is -2.97. The molecule has 0 aromatic carbocycles. The fourth-order valence-electron chi connectivity index (χ4n) is 3.37. The van der Waals surface area contributed by atoms with Crippen LogP contribution in [0.25, 0.3) is 0 Å². The first-order valence-electron chi connectivity index (χ1n) is 7.33. The lowest BCUT2D eigenvalue weighted by Gasteiger charge is -2.37. The van der Waals surface area contributed by atoms with Gasteiger partial charge in [-0.2, -0.15) is 0 Å². The molecule has 112 valence electrons. The van der Waals surface area contributed by atoms with Gasteiger partial charge in [-0.05, 0) is 37.0 Å². The van der Waals surface area contributed by atoms with Gasteiger partial charge in [0, 0.05) is 18.5 Å². The Morgan fingerprint density at radius 1 is 1.26 bits per heavy atom. The summed E-state index contributed by atoms with van der Waals surface area (Å²) >= 11 is 3.54. The van der Waals surface area contributed by atoms with E-state index in [9.17, 15) is 8.42 Å². The zero-order valence-electron chi connectivity index (χ0n) is 11.7. The summed E-state index contributed by atoms with van der Waals surface area (Å²) in [5.41, 5.74) is -0.0994. The van der Waals surface area contributed by atoms with Crippen LogP contribution in [0.4, 0.5) is 0 Å². The van der Waals surface area contributed by atoms with E-state index in [1.165, 1.54) is 6.42 Å². The van der Waals surface area contributed by atoms with Crippen LogP contribution in [0.15, 0.2) is 0 Å². The quantitative estimate of drug-likeness (QED) is 0.729. The fourth-order valence-corrected chi connectivity index (χ4v) is 7.02. The summed E-state index contributed by atoms with van der Waals surface area (Å²) in [6.07, 6.45) is 5.69. The zero-order chi connectivity index (χ0) is 13.9. The maximum atomic E-state index is 12.7. The molecular formula is C14H25BrO3S. The van der Waals surface area contributed by atoms with Crippen molar-refractivity contribution in [3.8, 4) is 0 Å². The normalized spacial score (nSPS) is 32.1. The number of alkyl halides is 1. The fraction of sp³-hybridized carbons (Fsp3) is 1.00.